The summed E-state index contributed by atoms with van der Waals surface area (Å²) in [5.74, 6) is -3.84. The highest BCUT2D eigenvalue weighted by Gasteiger charge is 2.18. The molecular formula is C20H22F2N4O2. The lowest BCUT2D eigenvalue weighted by Gasteiger charge is -2.36. The molecule has 148 valence electrons. The first-order valence-corrected chi connectivity index (χ1v) is 9.09. The van der Waals surface area contributed by atoms with Crippen molar-refractivity contribution < 1.29 is 18.4 Å². The van der Waals surface area contributed by atoms with Crippen LogP contribution in [0.3, 0.4) is 0 Å². The summed E-state index contributed by atoms with van der Waals surface area (Å²) in [6.45, 7) is 4.49. The maximum absolute atomic E-state index is 13.1. The van der Waals surface area contributed by atoms with Crippen molar-refractivity contribution in [3.8, 4) is 0 Å². The SMILES string of the molecule is O=C(NCCN1CCN(c2ccccc2)CC1)C(=O)Nc1ccc(F)c(F)c1. The van der Waals surface area contributed by atoms with E-state index in [0.29, 0.717) is 13.1 Å². The molecule has 2 aromatic carbocycles. The van der Waals surface area contributed by atoms with Crippen molar-refractivity contribution in [1.29, 1.82) is 0 Å². The monoisotopic (exact) mass is 388 g/mol. The zero-order valence-corrected chi connectivity index (χ0v) is 15.3. The Labute approximate surface area is 162 Å². The minimum atomic E-state index is -1.09. The fourth-order valence-corrected chi connectivity index (χ4v) is 3.04. The first kappa shape index (κ1) is 19.8. The number of carbonyl (C=O) groups excluding carboxylic acids is 2. The number of hydrogen-bond acceptors (Lipinski definition) is 4. The predicted octanol–water partition coefficient (Wildman–Crippen LogP) is 1.84. The molecular weight excluding hydrogens is 366 g/mol. The molecule has 6 nitrogen and oxygen atoms in total. The number of anilines is 2. The van der Waals surface area contributed by atoms with Crippen LogP contribution in [-0.2, 0) is 9.59 Å². The standard InChI is InChI=1S/C20H22F2N4O2/c21-17-7-6-15(14-18(17)22)24-20(28)19(27)23-8-9-25-10-12-26(13-11-25)16-4-2-1-3-5-16/h1-7,14H,8-13H2,(H,23,27)(H,24,28). The Morgan fingerprint density at radius 1 is 0.893 bits per heavy atom. The predicted molar refractivity (Wildman–Crippen MR) is 103 cm³/mol. The highest BCUT2D eigenvalue weighted by molar-refractivity contribution is 6.39. The number of rotatable bonds is 5. The van der Waals surface area contributed by atoms with Gasteiger partial charge in [-0.05, 0) is 24.3 Å². The average molecular weight is 388 g/mol. The Hall–Kier alpha value is -3.00. The van der Waals surface area contributed by atoms with Crippen molar-refractivity contribution in [2.45, 2.75) is 0 Å². The third-order valence-electron chi connectivity index (χ3n) is 4.59. The van der Waals surface area contributed by atoms with Gasteiger partial charge in [0, 0.05) is 56.7 Å². The highest BCUT2D eigenvalue weighted by Crippen LogP contribution is 2.15. The molecule has 8 heteroatoms. The Morgan fingerprint density at radius 2 is 1.61 bits per heavy atom. The van der Waals surface area contributed by atoms with Gasteiger partial charge in [0.15, 0.2) is 11.6 Å². The van der Waals surface area contributed by atoms with Crippen LogP contribution in [0.1, 0.15) is 0 Å². The lowest BCUT2D eigenvalue weighted by atomic mass is 10.2. The molecule has 0 radical (unpaired) electrons. The Morgan fingerprint density at radius 3 is 2.29 bits per heavy atom. The fraction of sp³-hybridized carbons (Fsp3) is 0.300. The summed E-state index contributed by atoms with van der Waals surface area (Å²) in [4.78, 5) is 28.2. The van der Waals surface area contributed by atoms with Gasteiger partial charge in [0.2, 0.25) is 0 Å². The molecule has 1 aliphatic rings. The zero-order chi connectivity index (χ0) is 19.9. The van der Waals surface area contributed by atoms with Crippen molar-refractivity contribution in [1.82, 2.24) is 10.2 Å². The summed E-state index contributed by atoms with van der Waals surface area (Å²) in [5, 5.41) is 4.79. The summed E-state index contributed by atoms with van der Waals surface area (Å²) in [5.41, 5.74) is 1.22. The van der Waals surface area contributed by atoms with Crippen molar-refractivity contribution in [3.05, 3.63) is 60.2 Å². The van der Waals surface area contributed by atoms with Gasteiger partial charge in [0.1, 0.15) is 0 Å². The van der Waals surface area contributed by atoms with Crippen LogP contribution in [0.25, 0.3) is 0 Å². The molecule has 2 amide bonds. The molecule has 1 aliphatic heterocycles. The van der Waals surface area contributed by atoms with Gasteiger partial charge in [0.05, 0.1) is 0 Å². The van der Waals surface area contributed by atoms with Gasteiger partial charge in [-0.2, -0.15) is 0 Å². The van der Waals surface area contributed by atoms with Crippen LogP contribution in [0, 0.1) is 11.6 Å². The Bertz CT molecular complexity index is 824. The van der Waals surface area contributed by atoms with Crippen LogP contribution in [-0.4, -0.2) is 56.0 Å². The molecule has 0 atom stereocenters. The van der Waals surface area contributed by atoms with Crippen LogP contribution < -0.4 is 15.5 Å². The number of amides is 2. The van der Waals surface area contributed by atoms with E-state index in [1.54, 1.807) is 0 Å². The number of nitrogens with zero attached hydrogens (tertiary/aromatic N) is 2. The van der Waals surface area contributed by atoms with Gasteiger partial charge >= 0.3 is 11.8 Å². The molecule has 0 aromatic heterocycles. The van der Waals surface area contributed by atoms with Gasteiger partial charge in [-0.25, -0.2) is 8.78 Å². The first-order valence-electron chi connectivity index (χ1n) is 9.09. The smallest absolute Gasteiger partial charge is 0.313 e. The molecule has 1 fully saturated rings. The molecule has 1 heterocycles. The van der Waals surface area contributed by atoms with E-state index in [4.69, 9.17) is 0 Å². The zero-order valence-electron chi connectivity index (χ0n) is 15.3. The maximum Gasteiger partial charge on any atom is 0.313 e. The molecule has 3 rings (SSSR count). The molecule has 2 aromatic rings. The van der Waals surface area contributed by atoms with Gasteiger partial charge in [-0.1, -0.05) is 18.2 Å². The normalized spacial score (nSPS) is 14.6. The van der Waals surface area contributed by atoms with E-state index in [9.17, 15) is 18.4 Å². The van der Waals surface area contributed by atoms with E-state index >= 15 is 0 Å². The number of para-hydroxylation sites is 1. The van der Waals surface area contributed by atoms with Crippen molar-refractivity contribution >= 4 is 23.2 Å². The molecule has 0 bridgehead atoms. The van der Waals surface area contributed by atoms with Crippen LogP contribution in [0.5, 0.6) is 0 Å². The van der Waals surface area contributed by atoms with Crippen molar-refractivity contribution in [2.24, 2.45) is 0 Å². The third kappa shape index (κ3) is 5.26. The second-order valence-electron chi connectivity index (χ2n) is 6.50. The summed E-state index contributed by atoms with van der Waals surface area (Å²) < 4.78 is 26.0. The minimum absolute atomic E-state index is 0.0242. The largest absolute Gasteiger partial charge is 0.369 e. The molecule has 0 aliphatic carbocycles. The molecule has 2 N–H and O–H groups in total. The number of halogens is 2. The lowest BCUT2D eigenvalue weighted by Crippen LogP contribution is -2.49. The summed E-state index contributed by atoms with van der Waals surface area (Å²) in [6, 6.07) is 13.1. The van der Waals surface area contributed by atoms with E-state index < -0.39 is 23.4 Å². The van der Waals surface area contributed by atoms with Crippen LogP contribution >= 0.6 is 0 Å². The number of benzene rings is 2. The molecule has 0 unspecified atom stereocenters. The van der Waals surface area contributed by atoms with Gasteiger partial charge in [-0.15, -0.1) is 0 Å². The average Bonchev–Trinajstić information content (AvgIpc) is 2.72. The summed E-state index contributed by atoms with van der Waals surface area (Å²) >= 11 is 0. The first-order chi connectivity index (χ1) is 13.5. The van der Waals surface area contributed by atoms with E-state index in [1.807, 2.05) is 18.2 Å². The minimum Gasteiger partial charge on any atom is -0.369 e. The van der Waals surface area contributed by atoms with E-state index in [0.717, 1.165) is 38.3 Å². The van der Waals surface area contributed by atoms with Gasteiger partial charge in [-0.3, -0.25) is 14.5 Å². The second-order valence-corrected chi connectivity index (χ2v) is 6.50. The molecule has 0 spiro atoms. The van der Waals surface area contributed by atoms with Crippen LogP contribution in [0.15, 0.2) is 48.5 Å². The van der Waals surface area contributed by atoms with E-state index in [-0.39, 0.29) is 5.69 Å². The number of hydrogen-bond donors (Lipinski definition) is 2. The molecule has 0 saturated carbocycles. The second kappa shape index (κ2) is 9.27. The molecule has 28 heavy (non-hydrogen) atoms. The highest BCUT2D eigenvalue weighted by atomic mass is 19.2. The topological polar surface area (TPSA) is 64.7 Å². The van der Waals surface area contributed by atoms with E-state index in [1.165, 1.54) is 11.8 Å². The Balaban J connectivity index is 1.37. The third-order valence-corrected chi connectivity index (χ3v) is 4.59. The van der Waals surface area contributed by atoms with Gasteiger partial charge < -0.3 is 15.5 Å². The Kier molecular flexibility index (Phi) is 6.54. The van der Waals surface area contributed by atoms with Crippen molar-refractivity contribution in [2.75, 3.05) is 49.5 Å². The van der Waals surface area contributed by atoms with E-state index in [2.05, 4.69) is 32.6 Å². The fourth-order valence-electron chi connectivity index (χ4n) is 3.04. The van der Waals surface area contributed by atoms with Crippen LogP contribution in [0.4, 0.5) is 20.2 Å². The number of nitrogens with one attached hydrogen (secondary N) is 2. The maximum atomic E-state index is 13.1. The van der Waals surface area contributed by atoms with Crippen molar-refractivity contribution in [3.63, 3.8) is 0 Å². The number of piperazine rings is 1. The summed E-state index contributed by atoms with van der Waals surface area (Å²) in [6.07, 6.45) is 0. The lowest BCUT2D eigenvalue weighted by molar-refractivity contribution is -0.136. The number of carbonyl (C=O) groups is 2. The van der Waals surface area contributed by atoms with Gasteiger partial charge in [0.25, 0.3) is 0 Å². The molecule has 1 saturated heterocycles. The quantitative estimate of drug-likeness (QED) is 0.768. The summed E-state index contributed by atoms with van der Waals surface area (Å²) in [7, 11) is 0. The van der Waals surface area contributed by atoms with Crippen LogP contribution in [0.2, 0.25) is 0 Å².